The fraction of sp³-hybridized carbons (Fsp3) is 0.364. The van der Waals surface area contributed by atoms with Crippen molar-refractivity contribution in [2.45, 2.75) is 90.1 Å². The second-order valence-corrected chi connectivity index (χ2v) is 16.3. The molecule has 0 radical (unpaired) electrons. The Bertz CT molecular complexity index is 2080. The molecule has 3 N–H and O–H groups in total. The number of benzene rings is 3. The average molecular weight is 746 g/mol. The summed E-state index contributed by atoms with van der Waals surface area (Å²) in [5.41, 5.74) is 7.59. The number of carboxylic acids is 1. The van der Waals surface area contributed by atoms with Gasteiger partial charge in [0.1, 0.15) is 5.00 Å². The van der Waals surface area contributed by atoms with Crippen molar-refractivity contribution in [1.82, 2.24) is 4.90 Å². The summed E-state index contributed by atoms with van der Waals surface area (Å²) in [6.45, 7) is 2.65. The number of aliphatic carboxylic acids is 1. The molecule has 1 saturated carbocycles. The number of nitrogens with zero attached hydrogens (tertiary/aromatic N) is 1. The third-order valence-electron chi connectivity index (χ3n) is 10.7. The zero-order valence-electron chi connectivity index (χ0n) is 30.9. The van der Waals surface area contributed by atoms with Crippen LogP contribution in [0.3, 0.4) is 0 Å². The van der Waals surface area contributed by atoms with E-state index in [1.807, 2.05) is 67.6 Å². The summed E-state index contributed by atoms with van der Waals surface area (Å²) in [4.78, 5) is 54.2. The molecule has 280 valence electrons. The smallest absolute Gasteiger partial charge is 0.337 e. The van der Waals surface area contributed by atoms with Crippen LogP contribution in [0.5, 0.6) is 0 Å². The largest absolute Gasteiger partial charge is 0.481 e. The van der Waals surface area contributed by atoms with Gasteiger partial charge in [-0.3, -0.25) is 14.4 Å². The monoisotopic (exact) mass is 745 g/mol. The number of allylic oxidation sites excluding steroid dienone is 2. The highest BCUT2D eigenvalue weighted by Gasteiger charge is 2.40. The second-order valence-electron chi connectivity index (χ2n) is 15.2. The van der Waals surface area contributed by atoms with Gasteiger partial charge in [-0.15, -0.1) is 11.3 Å². The van der Waals surface area contributed by atoms with Crippen LogP contribution in [0.2, 0.25) is 0 Å². The zero-order valence-corrected chi connectivity index (χ0v) is 31.7. The Kier molecular flexibility index (Phi) is 11.0. The zero-order chi connectivity index (χ0) is 37.8. The molecule has 9 nitrogen and oxygen atoms in total. The number of amides is 2. The third-order valence-corrected chi connectivity index (χ3v) is 11.9. The molecule has 1 aromatic heterocycles. The molecule has 54 heavy (non-hydrogen) atoms. The summed E-state index contributed by atoms with van der Waals surface area (Å²) in [5.74, 6) is -1.58. The van der Waals surface area contributed by atoms with E-state index in [1.165, 1.54) is 29.7 Å². The van der Waals surface area contributed by atoms with E-state index in [-0.39, 0.29) is 29.6 Å². The van der Waals surface area contributed by atoms with Crippen molar-refractivity contribution in [3.63, 3.8) is 0 Å². The molecule has 2 amide bonds. The van der Waals surface area contributed by atoms with E-state index in [0.29, 0.717) is 40.0 Å². The lowest BCUT2D eigenvalue weighted by Crippen LogP contribution is -2.36. The van der Waals surface area contributed by atoms with Gasteiger partial charge in [-0.05, 0) is 123 Å². The number of carbonyl (C=O) groups excluding carboxylic acids is 3. The number of anilines is 2. The maximum atomic E-state index is 13.9. The first-order valence-corrected chi connectivity index (χ1v) is 19.7. The molecule has 7 rings (SSSR count). The van der Waals surface area contributed by atoms with Crippen LogP contribution < -0.4 is 10.6 Å². The second kappa shape index (κ2) is 16.0. The van der Waals surface area contributed by atoms with Crippen molar-refractivity contribution in [2.75, 3.05) is 17.7 Å². The van der Waals surface area contributed by atoms with Crippen LogP contribution in [-0.4, -0.2) is 46.9 Å². The third kappa shape index (κ3) is 8.76. The Balaban J connectivity index is 0.990. The van der Waals surface area contributed by atoms with E-state index >= 15 is 0 Å². The molecule has 0 spiro atoms. The number of nitrogens with one attached hydrogen (secondary N) is 2. The number of hydrogen-bond acceptors (Lipinski definition) is 7. The van der Waals surface area contributed by atoms with Crippen LogP contribution >= 0.6 is 11.3 Å². The van der Waals surface area contributed by atoms with Crippen LogP contribution in [0.1, 0.15) is 110 Å². The summed E-state index contributed by atoms with van der Waals surface area (Å²) in [5, 5.41) is 16.1. The van der Waals surface area contributed by atoms with E-state index < -0.39 is 5.97 Å². The Morgan fingerprint density at radius 2 is 1.56 bits per heavy atom. The maximum Gasteiger partial charge on any atom is 0.337 e. The van der Waals surface area contributed by atoms with Gasteiger partial charge >= 0.3 is 11.9 Å². The fourth-order valence-corrected chi connectivity index (χ4v) is 9.01. The molecule has 0 bridgehead atoms. The van der Waals surface area contributed by atoms with Gasteiger partial charge in [-0.1, -0.05) is 49.4 Å². The molecule has 1 fully saturated rings. The first-order valence-electron chi connectivity index (χ1n) is 18.9. The molecule has 10 heteroatoms. The highest BCUT2D eigenvalue weighted by Crippen LogP contribution is 2.46. The van der Waals surface area contributed by atoms with Gasteiger partial charge in [0.25, 0.3) is 11.8 Å². The molecular formula is C44H47N3O6S. The number of esters is 1. The number of rotatable bonds is 15. The van der Waals surface area contributed by atoms with Crippen LogP contribution in [0, 0.1) is 5.41 Å². The van der Waals surface area contributed by atoms with Crippen LogP contribution in [0.15, 0.2) is 84.6 Å². The lowest BCUT2D eigenvalue weighted by Gasteiger charge is -2.42. The van der Waals surface area contributed by atoms with Gasteiger partial charge in [0.15, 0.2) is 0 Å². The van der Waals surface area contributed by atoms with E-state index in [1.54, 1.807) is 12.1 Å². The maximum absolute atomic E-state index is 13.9. The summed E-state index contributed by atoms with van der Waals surface area (Å²) in [6, 6.07) is 23.5. The Morgan fingerprint density at radius 1 is 0.870 bits per heavy atom. The molecule has 3 aromatic carbocycles. The minimum Gasteiger partial charge on any atom is -0.481 e. The van der Waals surface area contributed by atoms with Gasteiger partial charge in [-0.2, -0.15) is 0 Å². The van der Waals surface area contributed by atoms with E-state index in [2.05, 4.69) is 21.6 Å². The average Bonchev–Trinajstić information content (AvgIpc) is 3.93. The van der Waals surface area contributed by atoms with E-state index in [0.717, 1.165) is 85.8 Å². The molecule has 1 heterocycles. The van der Waals surface area contributed by atoms with E-state index in [4.69, 9.17) is 4.74 Å². The van der Waals surface area contributed by atoms with Crippen LogP contribution in [-0.2, 0) is 41.8 Å². The number of fused-ring (bicyclic) bond motifs is 1. The highest BCUT2D eigenvalue weighted by atomic mass is 32.1. The van der Waals surface area contributed by atoms with Gasteiger partial charge in [-0.25, -0.2) is 4.79 Å². The Labute approximate surface area is 320 Å². The summed E-state index contributed by atoms with van der Waals surface area (Å²) < 4.78 is 4.78. The van der Waals surface area contributed by atoms with Crippen molar-refractivity contribution in [1.29, 1.82) is 0 Å². The predicted molar refractivity (Wildman–Crippen MR) is 211 cm³/mol. The van der Waals surface area contributed by atoms with Crippen LogP contribution in [0.25, 0.3) is 0 Å². The number of carboxylic acid groups (broad SMARTS) is 1. The van der Waals surface area contributed by atoms with Crippen LogP contribution in [0.4, 0.5) is 10.7 Å². The van der Waals surface area contributed by atoms with E-state index in [9.17, 15) is 24.3 Å². The van der Waals surface area contributed by atoms with Gasteiger partial charge in [0.05, 0.1) is 24.7 Å². The summed E-state index contributed by atoms with van der Waals surface area (Å²) >= 11 is 1.51. The topological polar surface area (TPSA) is 125 Å². The quantitative estimate of drug-likeness (QED) is 0.104. The summed E-state index contributed by atoms with van der Waals surface area (Å²) in [6.07, 6.45) is 11.7. The number of hydrogen-bond donors (Lipinski definition) is 3. The summed E-state index contributed by atoms with van der Waals surface area (Å²) in [7, 11) is 1.38. The minimum absolute atomic E-state index is 0.128. The number of ether oxygens (including phenoxy) is 1. The normalized spacial score (nSPS) is 17.4. The van der Waals surface area contributed by atoms with Crippen molar-refractivity contribution in [2.24, 2.45) is 5.41 Å². The van der Waals surface area contributed by atoms with Crippen molar-refractivity contribution in [3.05, 3.63) is 128 Å². The minimum atomic E-state index is -0.781. The molecule has 4 aromatic rings. The molecular weight excluding hydrogens is 699 g/mol. The standard InChI is InChI=1S/C44H47N3O6S/c1-44(26-38(48)49)24-35(25-44)47(34-21-22-34)27-30-9-6-10-32(23-30)40(50)46-42-39(36-11-3-4-12-37(36)54-42)41(51)45-33-19-15-29(16-20-33)8-5-7-28-13-17-31(18-14-28)43(52)53-2/h6,9-10,13-20,23-24,34H,3-5,7-8,11-12,21-22,25-27H2,1-2H3,(H,45,51)(H,46,50)(H,48,49). The fourth-order valence-electron chi connectivity index (χ4n) is 7.73. The van der Waals surface area contributed by atoms with Gasteiger partial charge in [0.2, 0.25) is 0 Å². The molecule has 0 saturated heterocycles. The first-order chi connectivity index (χ1) is 26.1. The lowest BCUT2D eigenvalue weighted by atomic mass is 9.72. The molecule has 1 atom stereocenters. The molecule has 1 unspecified atom stereocenters. The highest BCUT2D eigenvalue weighted by molar-refractivity contribution is 7.17. The molecule has 0 aliphatic heterocycles. The van der Waals surface area contributed by atoms with Crippen molar-refractivity contribution >= 4 is 45.8 Å². The molecule has 3 aliphatic carbocycles. The first kappa shape index (κ1) is 37.1. The predicted octanol–water partition coefficient (Wildman–Crippen LogP) is 8.83. The Hall–Kier alpha value is -5.22. The number of methoxy groups -OCH3 is 1. The molecule has 3 aliphatic rings. The Morgan fingerprint density at radius 3 is 2.22 bits per heavy atom. The van der Waals surface area contributed by atoms with Gasteiger partial charge in [0, 0.05) is 39.8 Å². The number of thiophene rings is 1. The van der Waals surface area contributed by atoms with Gasteiger partial charge < -0.3 is 25.4 Å². The van der Waals surface area contributed by atoms with Crippen molar-refractivity contribution < 1.29 is 29.0 Å². The van der Waals surface area contributed by atoms with Crippen molar-refractivity contribution in [3.8, 4) is 0 Å². The number of carbonyl (C=O) groups is 4. The lowest BCUT2D eigenvalue weighted by molar-refractivity contribution is -0.139. The number of aryl methyl sites for hydroxylation is 3. The SMILES string of the molecule is COC(=O)c1ccc(CCCc2ccc(NC(=O)c3c(NC(=O)c4cccc(CN(C5=CC(C)(CC(=O)O)C5)C5CC5)c4)sc4c3CCCC4)cc2)cc1.